The number of amides is 1. The molecule has 4 aromatic rings. The van der Waals surface area contributed by atoms with Gasteiger partial charge in [0.1, 0.15) is 12.4 Å². The maximum atomic E-state index is 12.9. The van der Waals surface area contributed by atoms with Crippen LogP contribution >= 0.6 is 0 Å². The summed E-state index contributed by atoms with van der Waals surface area (Å²) in [6.45, 7) is 2.37. The Kier molecular flexibility index (Phi) is 5.02. The first kappa shape index (κ1) is 17.7. The van der Waals surface area contributed by atoms with Crippen LogP contribution < -0.4 is 10.1 Å². The number of benzene rings is 3. The molecule has 4 nitrogen and oxygen atoms in total. The predicted octanol–water partition coefficient (Wildman–Crippen LogP) is 5.37. The molecule has 0 saturated carbocycles. The minimum atomic E-state index is -0.180. The second-order valence-corrected chi connectivity index (χ2v) is 6.59. The van der Waals surface area contributed by atoms with Gasteiger partial charge in [0.25, 0.3) is 5.91 Å². The highest BCUT2D eigenvalue weighted by Crippen LogP contribution is 2.23. The third-order valence-electron chi connectivity index (χ3n) is 4.58. The van der Waals surface area contributed by atoms with E-state index in [1.54, 1.807) is 12.3 Å². The Labute approximate surface area is 163 Å². The number of hydrogen-bond donors (Lipinski definition) is 1. The Morgan fingerprint density at radius 3 is 2.64 bits per heavy atom. The molecule has 0 fully saturated rings. The lowest BCUT2D eigenvalue weighted by molar-refractivity contribution is 0.102. The van der Waals surface area contributed by atoms with E-state index in [0.717, 1.165) is 22.0 Å². The number of carbonyl (C=O) groups is 1. The fraction of sp³-hybridized carbons (Fsp3) is 0.0833. The molecule has 0 aliphatic carbocycles. The van der Waals surface area contributed by atoms with Crippen LogP contribution in [-0.4, -0.2) is 10.9 Å². The molecule has 4 rings (SSSR count). The summed E-state index contributed by atoms with van der Waals surface area (Å²) in [5.41, 5.74) is 4.01. The average Bonchev–Trinajstić information content (AvgIpc) is 2.74. The van der Waals surface area contributed by atoms with E-state index < -0.39 is 0 Å². The molecule has 1 aromatic heterocycles. The van der Waals surface area contributed by atoms with E-state index in [1.807, 2.05) is 79.7 Å². The first-order chi connectivity index (χ1) is 13.7. The second-order valence-electron chi connectivity index (χ2n) is 6.59. The number of nitrogens with one attached hydrogen (secondary N) is 1. The topological polar surface area (TPSA) is 51.2 Å². The zero-order valence-electron chi connectivity index (χ0n) is 15.6. The van der Waals surface area contributed by atoms with Crippen molar-refractivity contribution in [2.45, 2.75) is 13.5 Å². The predicted molar refractivity (Wildman–Crippen MR) is 112 cm³/mol. The van der Waals surface area contributed by atoms with Crippen molar-refractivity contribution in [1.29, 1.82) is 0 Å². The van der Waals surface area contributed by atoms with Crippen LogP contribution in [0.5, 0.6) is 5.75 Å². The van der Waals surface area contributed by atoms with Crippen molar-refractivity contribution >= 4 is 22.5 Å². The van der Waals surface area contributed by atoms with Gasteiger partial charge >= 0.3 is 0 Å². The van der Waals surface area contributed by atoms with Gasteiger partial charge in [-0.05, 0) is 42.3 Å². The molecular formula is C24H20N2O2. The Bertz CT molecular complexity index is 1120. The van der Waals surface area contributed by atoms with Crippen LogP contribution in [-0.2, 0) is 6.61 Å². The van der Waals surface area contributed by atoms with Gasteiger partial charge in [-0.1, -0.05) is 54.6 Å². The Balaban J connectivity index is 1.55. The number of anilines is 1. The molecule has 0 spiro atoms. The first-order valence-corrected chi connectivity index (χ1v) is 9.13. The summed E-state index contributed by atoms with van der Waals surface area (Å²) in [6.07, 6.45) is 1.72. The van der Waals surface area contributed by atoms with E-state index in [4.69, 9.17) is 4.74 Å². The van der Waals surface area contributed by atoms with Gasteiger partial charge in [-0.2, -0.15) is 0 Å². The number of carbonyl (C=O) groups excluding carboxylic acids is 1. The lowest BCUT2D eigenvalue weighted by Gasteiger charge is -2.12. The molecule has 0 saturated heterocycles. The SMILES string of the molecule is Cc1ccc(OCc2ccccc2)cc1C(=O)Nc1cccc2cccnc12. The number of para-hydroxylation sites is 1. The summed E-state index contributed by atoms with van der Waals surface area (Å²) in [6, 6.07) is 25.1. The summed E-state index contributed by atoms with van der Waals surface area (Å²) < 4.78 is 5.87. The quantitative estimate of drug-likeness (QED) is 0.515. The molecule has 0 aliphatic heterocycles. The van der Waals surface area contributed by atoms with E-state index >= 15 is 0 Å². The minimum absolute atomic E-state index is 0.180. The molecule has 1 N–H and O–H groups in total. The van der Waals surface area contributed by atoms with Gasteiger partial charge in [-0.15, -0.1) is 0 Å². The van der Waals surface area contributed by atoms with Gasteiger partial charge in [0, 0.05) is 17.1 Å². The highest BCUT2D eigenvalue weighted by Gasteiger charge is 2.13. The van der Waals surface area contributed by atoms with Gasteiger partial charge in [0.2, 0.25) is 0 Å². The number of pyridine rings is 1. The van der Waals surface area contributed by atoms with Crippen molar-refractivity contribution in [2.75, 3.05) is 5.32 Å². The lowest BCUT2D eigenvalue weighted by atomic mass is 10.1. The number of ether oxygens (including phenoxy) is 1. The molecule has 1 heterocycles. The van der Waals surface area contributed by atoms with Gasteiger partial charge in [-0.25, -0.2) is 0 Å². The fourth-order valence-corrected chi connectivity index (χ4v) is 3.07. The molecule has 0 unspecified atom stereocenters. The molecule has 0 aliphatic rings. The number of aryl methyl sites for hydroxylation is 1. The number of hydrogen-bond acceptors (Lipinski definition) is 3. The molecule has 138 valence electrons. The zero-order valence-corrected chi connectivity index (χ0v) is 15.6. The van der Waals surface area contributed by atoms with Crippen LogP contribution in [0.1, 0.15) is 21.5 Å². The van der Waals surface area contributed by atoms with E-state index in [-0.39, 0.29) is 5.91 Å². The normalized spacial score (nSPS) is 10.6. The number of nitrogens with zero attached hydrogens (tertiary/aromatic N) is 1. The second kappa shape index (κ2) is 7.92. The third-order valence-corrected chi connectivity index (χ3v) is 4.58. The van der Waals surface area contributed by atoms with Crippen LogP contribution in [0.15, 0.2) is 85.1 Å². The molecule has 28 heavy (non-hydrogen) atoms. The molecule has 4 heteroatoms. The average molecular weight is 368 g/mol. The molecule has 1 amide bonds. The van der Waals surface area contributed by atoms with Crippen molar-refractivity contribution in [3.8, 4) is 5.75 Å². The summed E-state index contributed by atoms with van der Waals surface area (Å²) in [5.74, 6) is 0.483. The standard InChI is InChI=1S/C24H20N2O2/c1-17-12-13-20(28-16-18-7-3-2-4-8-18)15-21(17)24(27)26-22-11-5-9-19-10-6-14-25-23(19)22/h2-15H,16H2,1H3,(H,26,27). The molecule has 0 bridgehead atoms. The van der Waals surface area contributed by atoms with Crippen LogP contribution in [0.4, 0.5) is 5.69 Å². The largest absolute Gasteiger partial charge is 0.489 e. The smallest absolute Gasteiger partial charge is 0.256 e. The molecule has 0 atom stereocenters. The molecule has 0 radical (unpaired) electrons. The van der Waals surface area contributed by atoms with Crippen molar-refractivity contribution in [2.24, 2.45) is 0 Å². The third kappa shape index (κ3) is 3.86. The van der Waals surface area contributed by atoms with Gasteiger partial charge in [0.05, 0.1) is 11.2 Å². The maximum absolute atomic E-state index is 12.9. The van der Waals surface area contributed by atoms with E-state index in [2.05, 4.69) is 10.3 Å². The summed E-state index contributed by atoms with van der Waals surface area (Å²) in [7, 11) is 0. The van der Waals surface area contributed by atoms with Crippen LogP contribution in [0.25, 0.3) is 10.9 Å². The van der Waals surface area contributed by atoms with E-state index in [0.29, 0.717) is 23.6 Å². The first-order valence-electron chi connectivity index (χ1n) is 9.13. The Hall–Kier alpha value is -3.66. The number of rotatable bonds is 5. The lowest BCUT2D eigenvalue weighted by Crippen LogP contribution is -2.14. The van der Waals surface area contributed by atoms with E-state index in [9.17, 15) is 4.79 Å². The highest BCUT2D eigenvalue weighted by atomic mass is 16.5. The van der Waals surface area contributed by atoms with Gasteiger partial charge in [0.15, 0.2) is 0 Å². The summed E-state index contributed by atoms with van der Waals surface area (Å²) in [5, 5.41) is 3.97. The van der Waals surface area contributed by atoms with Crippen LogP contribution in [0, 0.1) is 6.92 Å². The molecule has 3 aromatic carbocycles. The highest BCUT2D eigenvalue weighted by molar-refractivity contribution is 6.09. The zero-order chi connectivity index (χ0) is 19.3. The van der Waals surface area contributed by atoms with Crippen molar-refractivity contribution in [3.63, 3.8) is 0 Å². The number of fused-ring (bicyclic) bond motifs is 1. The maximum Gasteiger partial charge on any atom is 0.256 e. The van der Waals surface area contributed by atoms with Crippen molar-refractivity contribution in [1.82, 2.24) is 4.98 Å². The fourth-order valence-electron chi connectivity index (χ4n) is 3.07. The minimum Gasteiger partial charge on any atom is -0.489 e. The van der Waals surface area contributed by atoms with Crippen molar-refractivity contribution < 1.29 is 9.53 Å². The summed E-state index contributed by atoms with van der Waals surface area (Å²) in [4.78, 5) is 17.3. The molecular weight excluding hydrogens is 348 g/mol. The Morgan fingerprint density at radius 2 is 1.79 bits per heavy atom. The van der Waals surface area contributed by atoms with E-state index in [1.165, 1.54) is 0 Å². The summed E-state index contributed by atoms with van der Waals surface area (Å²) >= 11 is 0. The van der Waals surface area contributed by atoms with Gasteiger partial charge < -0.3 is 10.1 Å². The number of aromatic nitrogens is 1. The monoisotopic (exact) mass is 368 g/mol. The van der Waals surface area contributed by atoms with Crippen molar-refractivity contribution in [3.05, 3.63) is 102 Å². The van der Waals surface area contributed by atoms with Crippen LogP contribution in [0.2, 0.25) is 0 Å². The van der Waals surface area contributed by atoms with Crippen LogP contribution in [0.3, 0.4) is 0 Å². The van der Waals surface area contributed by atoms with Gasteiger partial charge in [-0.3, -0.25) is 9.78 Å². The Morgan fingerprint density at radius 1 is 0.964 bits per heavy atom.